The zero-order chi connectivity index (χ0) is 26.3. The Kier molecular flexibility index (Phi) is 5.64. The number of hydrogen-bond acceptors (Lipinski definition) is 1. The van der Waals surface area contributed by atoms with Crippen LogP contribution in [0.1, 0.15) is 22.3 Å². The van der Waals surface area contributed by atoms with E-state index < -0.39 is 0 Å². The molecule has 0 radical (unpaired) electrons. The van der Waals surface area contributed by atoms with Gasteiger partial charge in [-0.1, -0.05) is 120 Å². The molecular weight excluding hydrogens is 470 g/mol. The molecule has 0 aliphatic heterocycles. The average Bonchev–Trinajstić information content (AvgIpc) is 3.31. The first-order valence-electron chi connectivity index (χ1n) is 13.5. The third-order valence-electron chi connectivity index (χ3n) is 7.75. The Labute approximate surface area is 230 Å². The Bertz CT molecular complexity index is 1810. The molecule has 1 aliphatic carbocycles. The van der Waals surface area contributed by atoms with E-state index in [-0.39, 0.29) is 0 Å². The molecule has 0 unspecified atom stereocenters. The standard InChI is InChI=1S/C38H29N/c1-26-10-14-28(15-11-26)16-17-29-18-22-31(23-19-29)39(30-20-12-27(2)13-21-30)37-25-24-35-33-7-4-3-6-32(33)34-8-5-9-36(37)38(34)35/h3-25H,1-2H3/b17-16+. The van der Waals surface area contributed by atoms with Gasteiger partial charge in [0.25, 0.3) is 0 Å². The van der Waals surface area contributed by atoms with E-state index in [2.05, 4.69) is 158 Å². The molecule has 0 N–H and O–H groups in total. The Hall–Kier alpha value is -4.88. The Balaban J connectivity index is 1.34. The quantitative estimate of drug-likeness (QED) is 0.213. The molecule has 186 valence electrons. The van der Waals surface area contributed by atoms with Crippen LogP contribution in [0.5, 0.6) is 0 Å². The largest absolute Gasteiger partial charge is 0.310 e. The summed E-state index contributed by atoms with van der Waals surface area (Å²) in [7, 11) is 0. The lowest BCUT2D eigenvalue weighted by Gasteiger charge is -2.27. The van der Waals surface area contributed by atoms with Gasteiger partial charge < -0.3 is 4.90 Å². The minimum atomic E-state index is 1.14. The third-order valence-corrected chi connectivity index (χ3v) is 7.75. The fourth-order valence-corrected chi connectivity index (χ4v) is 5.71. The Morgan fingerprint density at radius 2 is 0.923 bits per heavy atom. The van der Waals surface area contributed by atoms with E-state index in [1.807, 2.05) is 0 Å². The highest BCUT2D eigenvalue weighted by atomic mass is 15.1. The van der Waals surface area contributed by atoms with Gasteiger partial charge in [-0.25, -0.2) is 0 Å². The van der Waals surface area contributed by atoms with Crippen LogP contribution in [0.2, 0.25) is 0 Å². The molecule has 39 heavy (non-hydrogen) atoms. The van der Waals surface area contributed by atoms with Gasteiger partial charge in [0.05, 0.1) is 5.69 Å². The second-order valence-electron chi connectivity index (χ2n) is 10.4. The van der Waals surface area contributed by atoms with E-state index >= 15 is 0 Å². The fraction of sp³-hybridized carbons (Fsp3) is 0.0526. The van der Waals surface area contributed by atoms with Crippen LogP contribution in [-0.4, -0.2) is 0 Å². The molecule has 1 aliphatic rings. The summed E-state index contributed by atoms with van der Waals surface area (Å²) < 4.78 is 0. The van der Waals surface area contributed by atoms with Crippen molar-refractivity contribution < 1.29 is 0 Å². The predicted molar refractivity (Wildman–Crippen MR) is 168 cm³/mol. The minimum Gasteiger partial charge on any atom is -0.310 e. The predicted octanol–water partition coefficient (Wildman–Crippen LogP) is 10.7. The summed E-state index contributed by atoms with van der Waals surface area (Å²) in [4.78, 5) is 2.39. The van der Waals surface area contributed by atoms with Crippen LogP contribution < -0.4 is 4.90 Å². The zero-order valence-corrected chi connectivity index (χ0v) is 22.2. The highest BCUT2D eigenvalue weighted by Gasteiger charge is 2.24. The van der Waals surface area contributed by atoms with Crippen molar-refractivity contribution in [2.45, 2.75) is 13.8 Å². The van der Waals surface area contributed by atoms with E-state index in [1.54, 1.807) is 0 Å². The van der Waals surface area contributed by atoms with E-state index in [1.165, 1.54) is 61.0 Å². The van der Waals surface area contributed by atoms with Crippen molar-refractivity contribution in [2.24, 2.45) is 0 Å². The second kappa shape index (κ2) is 9.45. The molecule has 0 atom stereocenters. The van der Waals surface area contributed by atoms with Crippen LogP contribution in [0, 0.1) is 13.8 Å². The molecule has 0 heterocycles. The van der Waals surface area contributed by atoms with E-state index in [0.29, 0.717) is 0 Å². The van der Waals surface area contributed by atoms with E-state index in [4.69, 9.17) is 0 Å². The molecule has 0 spiro atoms. The molecule has 0 saturated carbocycles. The summed E-state index contributed by atoms with van der Waals surface area (Å²) in [5, 5.41) is 2.61. The molecule has 6 aromatic rings. The van der Waals surface area contributed by atoms with Crippen molar-refractivity contribution in [2.75, 3.05) is 4.90 Å². The van der Waals surface area contributed by atoms with Crippen molar-refractivity contribution in [3.63, 3.8) is 0 Å². The summed E-state index contributed by atoms with van der Waals surface area (Å²) in [5.41, 5.74) is 13.7. The van der Waals surface area contributed by atoms with Crippen molar-refractivity contribution in [1.29, 1.82) is 0 Å². The first-order chi connectivity index (χ1) is 19.2. The molecule has 0 bridgehead atoms. The average molecular weight is 500 g/mol. The van der Waals surface area contributed by atoms with Crippen LogP contribution in [0.25, 0.3) is 45.2 Å². The van der Waals surface area contributed by atoms with Crippen molar-refractivity contribution >= 4 is 40.0 Å². The van der Waals surface area contributed by atoms with Crippen LogP contribution in [-0.2, 0) is 0 Å². The monoisotopic (exact) mass is 499 g/mol. The van der Waals surface area contributed by atoms with Gasteiger partial charge in [-0.2, -0.15) is 0 Å². The lowest BCUT2D eigenvalue weighted by molar-refractivity contribution is 1.29. The SMILES string of the molecule is Cc1ccc(/C=C/c2ccc(N(c3ccc(C)cc3)c3ccc4c5c(cccc35)-c3ccccc3-4)cc2)cc1. The topological polar surface area (TPSA) is 3.24 Å². The molecule has 0 fully saturated rings. The molecule has 0 aromatic heterocycles. The number of fused-ring (bicyclic) bond motifs is 3. The number of hydrogen-bond donors (Lipinski definition) is 0. The van der Waals surface area contributed by atoms with Crippen LogP contribution in [0.4, 0.5) is 17.1 Å². The number of rotatable bonds is 5. The molecular formula is C38H29N. The second-order valence-corrected chi connectivity index (χ2v) is 10.4. The lowest BCUT2D eigenvalue weighted by atomic mass is 10.00. The first kappa shape index (κ1) is 23.3. The summed E-state index contributed by atoms with van der Waals surface area (Å²) >= 11 is 0. The van der Waals surface area contributed by atoms with Gasteiger partial charge in [-0.05, 0) is 82.9 Å². The maximum atomic E-state index is 2.39. The van der Waals surface area contributed by atoms with Gasteiger partial charge in [0.2, 0.25) is 0 Å². The molecule has 7 rings (SSSR count). The van der Waals surface area contributed by atoms with Gasteiger partial charge in [0, 0.05) is 16.8 Å². The van der Waals surface area contributed by atoms with Crippen molar-refractivity contribution in [1.82, 2.24) is 0 Å². The van der Waals surface area contributed by atoms with Gasteiger partial charge in [-0.3, -0.25) is 0 Å². The zero-order valence-electron chi connectivity index (χ0n) is 22.2. The van der Waals surface area contributed by atoms with Crippen molar-refractivity contribution in [3.05, 3.63) is 150 Å². The highest BCUT2D eigenvalue weighted by molar-refractivity contribution is 6.19. The summed E-state index contributed by atoms with van der Waals surface area (Å²) in [5.74, 6) is 0. The molecule has 6 aromatic carbocycles. The Morgan fingerprint density at radius 1 is 0.436 bits per heavy atom. The number of nitrogens with zero attached hydrogens (tertiary/aromatic N) is 1. The molecule has 1 nitrogen and oxygen atoms in total. The number of benzene rings is 6. The molecule has 0 saturated heterocycles. The lowest BCUT2D eigenvalue weighted by Crippen LogP contribution is -2.10. The van der Waals surface area contributed by atoms with Crippen LogP contribution >= 0.6 is 0 Å². The van der Waals surface area contributed by atoms with Gasteiger partial charge >= 0.3 is 0 Å². The van der Waals surface area contributed by atoms with Gasteiger partial charge in [0.1, 0.15) is 0 Å². The first-order valence-corrected chi connectivity index (χ1v) is 13.5. The fourth-order valence-electron chi connectivity index (χ4n) is 5.71. The maximum Gasteiger partial charge on any atom is 0.0540 e. The van der Waals surface area contributed by atoms with Crippen LogP contribution in [0.3, 0.4) is 0 Å². The molecule has 0 amide bonds. The number of aryl methyl sites for hydroxylation is 2. The summed E-state index contributed by atoms with van der Waals surface area (Å²) in [6.07, 6.45) is 4.36. The number of anilines is 3. The smallest absolute Gasteiger partial charge is 0.0540 e. The van der Waals surface area contributed by atoms with E-state index in [9.17, 15) is 0 Å². The summed E-state index contributed by atoms with van der Waals surface area (Å²) in [6, 6.07) is 46.4. The minimum absolute atomic E-state index is 1.14. The van der Waals surface area contributed by atoms with Crippen LogP contribution in [0.15, 0.2) is 127 Å². The normalized spacial score (nSPS) is 11.7. The third kappa shape index (κ3) is 4.13. The van der Waals surface area contributed by atoms with Gasteiger partial charge in [0.15, 0.2) is 0 Å². The van der Waals surface area contributed by atoms with Gasteiger partial charge in [-0.15, -0.1) is 0 Å². The highest BCUT2D eigenvalue weighted by Crippen LogP contribution is 2.50. The molecule has 1 heteroatoms. The Morgan fingerprint density at radius 3 is 1.54 bits per heavy atom. The van der Waals surface area contributed by atoms with E-state index in [0.717, 1.165) is 11.4 Å². The van der Waals surface area contributed by atoms with Crippen molar-refractivity contribution in [3.8, 4) is 22.3 Å². The maximum absolute atomic E-state index is 2.39. The summed E-state index contributed by atoms with van der Waals surface area (Å²) in [6.45, 7) is 4.26.